The first-order valence-corrected chi connectivity index (χ1v) is 9.49. The van der Waals surface area contributed by atoms with Gasteiger partial charge in [0.05, 0.1) is 12.8 Å². The number of ether oxygens (including phenoxy) is 1. The minimum atomic E-state index is 0.0538. The predicted molar refractivity (Wildman–Crippen MR) is 105 cm³/mol. The number of hydrogen-bond acceptors (Lipinski definition) is 5. The van der Waals surface area contributed by atoms with Crippen LogP contribution in [0.15, 0.2) is 53.1 Å². The van der Waals surface area contributed by atoms with Crippen molar-refractivity contribution in [1.29, 1.82) is 0 Å². The summed E-state index contributed by atoms with van der Waals surface area (Å²) in [7, 11) is 1.64. The molecule has 1 heterocycles. The molecule has 134 valence electrons. The molecule has 0 saturated heterocycles. The second-order valence-corrected chi connectivity index (χ2v) is 7.07. The molecule has 0 spiro atoms. The van der Waals surface area contributed by atoms with E-state index in [4.69, 9.17) is 9.15 Å². The predicted octanol–water partition coefficient (Wildman–Crippen LogP) is 5.29. The van der Waals surface area contributed by atoms with Crippen molar-refractivity contribution in [1.82, 2.24) is 4.98 Å². The van der Waals surface area contributed by atoms with Gasteiger partial charge < -0.3 is 9.15 Å². The molecule has 0 unspecified atom stereocenters. The molecule has 0 amide bonds. The molecular weight excluding hydrogens is 346 g/mol. The van der Waals surface area contributed by atoms with Crippen molar-refractivity contribution in [3.8, 4) is 17.2 Å². The quantitative estimate of drug-likeness (QED) is 0.531. The van der Waals surface area contributed by atoms with Crippen LogP contribution in [0.5, 0.6) is 5.75 Å². The highest BCUT2D eigenvalue weighted by atomic mass is 32.2. The van der Waals surface area contributed by atoms with Crippen molar-refractivity contribution >= 4 is 17.5 Å². The highest BCUT2D eigenvalue weighted by Crippen LogP contribution is 2.27. The highest BCUT2D eigenvalue weighted by Gasteiger charge is 2.10. The van der Waals surface area contributed by atoms with Crippen LogP contribution in [0.1, 0.15) is 34.1 Å². The van der Waals surface area contributed by atoms with E-state index in [-0.39, 0.29) is 5.78 Å². The number of nitrogens with zero attached hydrogens (tertiary/aromatic N) is 1. The van der Waals surface area contributed by atoms with E-state index in [1.165, 1.54) is 5.56 Å². The smallest absolute Gasteiger partial charge is 0.226 e. The standard InChI is InChI=1S/C21H21NO3S/c1-14-4-6-16(7-5-14)21-22-19(11-25-21)13-26-12-18-10-17(15(2)23)8-9-20(18)24-3/h4-11H,12-13H2,1-3H3. The molecule has 0 aliphatic carbocycles. The van der Waals surface area contributed by atoms with E-state index in [0.717, 1.165) is 34.1 Å². The number of carbonyl (C=O) groups excluding carboxylic acids is 1. The molecule has 0 atom stereocenters. The van der Waals surface area contributed by atoms with E-state index in [1.54, 1.807) is 38.1 Å². The van der Waals surface area contributed by atoms with Gasteiger partial charge in [0.25, 0.3) is 0 Å². The van der Waals surface area contributed by atoms with Crippen molar-refractivity contribution in [2.75, 3.05) is 7.11 Å². The molecule has 0 saturated carbocycles. The Hall–Kier alpha value is -2.53. The molecule has 0 aliphatic rings. The fourth-order valence-electron chi connectivity index (χ4n) is 2.58. The van der Waals surface area contributed by atoms with Crippen LogP contribution in [-0.2, 0) is 11.5 Å². The number of thioether (sulfide) groups is 1. The maximum atomic E-state index is 11.6. The summed E-state index contributed by atoms with van der Waals surface area (Å²) in [5, 5.41) is 0. The van der Waals surface area contributed by atoms with Crippen LogP contribution in [0.4, 0.5) is 0 Å². The Morgan fingerprint density at radius 3 is 2.62 bits per heavy atom. The lowest BCUT2D eigenvalue weighted by Gasteiger charge is -2.09. The van der Waals surface area contributed by atoms with Gasteiger partial charge in [0.2, 0.25) is 5.89 Å². The van der Waals surface area contributed by atoms with Crippen LogP contribution < -0.4 is 4.74 Å². The molecule has 0 radical (unpaired) electrons. The summed E-state index contributed by atoms with van der Waals surface area (Å²) < 4.78 is 11.0. The van der Waals surface area contributed by atoms with Gasteiger partial charge in [0.1, 0.15) is 12.0 Å². The SMILES string of the molecule is COc1ccc(C(C)=O)cc1CSCc1coc(-c2ccc(C)cc2)n1. The molecule has 26 heavy (non-hydrogen) atoms. The van der Waals surface area contributed by atoms with Gasteiger partial charge in [-0.3, -0.25) is 4.79 Å². The number of hydrogen-bond donors (Lipinski definition) is 0. The Morgan fingerprint density at radius 1 is 1.15 bits per heavy atom. The monoisotopic (exact) mass is 367 g/mol. The lowest BCUT2D eigenvalue weighted by atomic mass is 10.1. The first-order chi connectivity index (χ1) is 12.6. The lowest BCUT2D eigenvalue weighted by Crippen LogP contribution is -1.97. The number of methoxy groups -OCH3 is 1. The first-order valence-electron chi connectivity index (χ1n) is 8.34. The van der Waals surface area contributed by atoms with Crippen LogP contribution in [0.2, 0.25) is 0 Å². The third-order valence-corrected chi connectivity index (χ3v) is 5.06. The fourth-order valence-corrected chi connectivity index (χ4v) is 3.47. The number of aryl methyl sites for hydroxylation is 1. The van der Waals surface area contributed by atoms with Crippen molar-refractivity contribution < 1.29 is 13.9 Å². The van der Waals surface area contributed by atoms with Crippen molar-refractivity contribution in [3.05, 3.63) is 71.1 Å². The Morgan fingerprint density at radius 2 is 1.92 bits per heavy atom. The number of Topliss-reactive ketones (excluding diaryl/α,β-unsaturated/α-hetero) is 1. The molecule has 3 aromatic rings. The molecule has 5 heteroatoms. The first kappa shape index (κ1) is 18.3. The average molecular weight is 367 g/mol. The van der Waals surface area contributed by atoms with Gasteiger partial charge >= 0.3 is 0 Å². The molecule has 1 aromatic heterocycles. The summed E-state index contributed by atoms with van der Waals surface area (Å²) >= 11 is 1.71. The third kappa shape index (κ3) is 4.35. The third-order valence-electron chi connectivity index (χ3n) is 4.04. The number of rotatable bonds is 7. The molecule has 0 aliphatic heterocycles. The molecule has 4 nitrogen and oxygen atoms in total. The number of oxazole rings is 1. The van der Waals surface area contributed by atoms with Gasteiger partial charge in [-0.1, -0.05) is 17.7 Å². The normalized spacial score (nSPS) is 10.7. The van der Waals surface area contributed by atoms with Gasteiger partial charge in [0, 0.05) is 28.2 Å². The second-order valence-electron chi connectivity index (χ2n) is 6.09. The Kier molecular flexibility index (Phi) is 5.78. The zero-order chi connectivity index (χ0) is 18.5. The van der Waals surface area contributed by atoms with Crippen molar-refractivity contribution in [3.63, 3.8) is 0 Å². The maximum absolute atomic E-state index is 11.6. The zero-order valence-electron chi connectivity index (χ0n) is 15.1. The van der Waals surface area contributed by atoms with Gasteiger partial charge in [-0.25, -0.2) is 4.98 Å². The largest absolute Gasteiger partial charge is 0.496 e. The molecular formula is C21H21NO3S. The van der Waals surface area contributed by atoms with E-state index >= 15 is 0 Å². The minimum absolute atomic E-state index is 0.0538. The van der Waals surface area contributed by atoms with Crippen molar-refractivity contribution in [2.24, 2.45) is 0 Å². The minimum Gasteiger partial charge on any atom is -0.496 e. The van der Waals surface area contributed by atoms with E-state index < -0.39 is 0 Å². The maximum Gasteiger partial charge on any atom is 0.226 e. The van der Waals surface area contributed by atoms with E-state index in [0.29, 0.717) is 11.5 Å². The summed E-state index contributed by atoms with van der Waals surface area (Å²) in [4.78, 5) is 16.1. The molecule has 0 fully saturated rings. The Bertz CT molecular complexity index is 900. The Labute approximate surface area is 157 Å². The molecule has 3 rings (SSSR count). The van der Waals surface area contributed by atoms with E-state index in [9.17, 15) is 4.79 Å². The number of benzene rings is 2. The van der Waals surface area contributed by atoms with E-state index in [1.807, 2.05) is 36.4 Å². The van der Waals surface area contributed by atoms with Gasteiger partial charge in [-0.05, 0) is 44.2 Å². The number of ketones is 1. The summed E-state index contributed by atoms with van der Waals surface area (Å²) in [6, 6.07) is 13.6. The van der Waals surface area contributed by atoms with Crippen LogP contribution in [0, 0.1) is 6.92 Å². The second kappa shape index (κ2) is 8.23. The van der Waals surface area contributed by atoms with Gasteiger partial charge in [-0.15, -0.1) is 0 Å². The topological polar surface area (TPSA) is 52.3 Å². The summed E-state index contributed by atoms with van der Waals surface area (Å²) in [5.74, 6) is 2.94. The van der Waals surface area contributed by atoms with Crippen LogP contribution >= 0.6 is 11.8 Å². The van der Waals surface area contributed by atoms with Crippen LogP contribution in [0.3, 0.4) is 0 Å². The summed E-state index contributed by atoms with van der Waals surface area (Å²) in [6.45, 7) is 3.62. The number of carbonyl (C=O) groups is 1. The lowest BCUT2D eigenvalue weighted by molar-refractivity contribution is 0.101. The zero-order valence-corrected chi connectivity index (χ0v) is 15.9. The van der Waals surface area contributed by atoms with Gasteiger partial charge in [0.15, 0.2) is 5.78 Å². The summed E-state index contributed by atoms with van der Waals surface area (Å²) in [6.07, 6.45) is 1.70. The van der Waals surface area contributed by atoms with Crippen LogP contribution in [0.25, 0.3) is 11.5 Å². The average Bonchev–Trinajstić information content (AvgIpc) is 3.11. The molecule has 0 N–H and O–H groups in total. The number of aromatic nitrogens is 1. The van der Waals surface area contributed by atoms with Crippen LogP contribution in [-0.4, -0.2) is 17.9 Å². The summed E-state index contributed by atoms with van der Waals surface area (Å²) in [5.41, 5.74) is 4.78. The highest BCUT2D eigenvalue weighted by molar-refractivity contribution is 7.97. The van der Waals surface area contributed by atoms with Crippen molar-refractivity contribution in [2.45, 2.75) is 25.4 Å². The Balaban J connectivity index is 1.64. The fraction of sp³-hybridized carbons (Fsp3) is 0.238. The van der Waals surface area contributed by atoms with Gasteiger partial charge in [-0.2, -0.15) is 11.8 Å². The van der Waals surface area contributed by atoms with E-state index in [2.05, 4.69) is 11.9 Å². The molecule has 2 aromatic carbocycles. The molecule has 0 bridgehead atoms.